The van der Waals surface area contributed by atoms with Crippen LogP contribution in [-0.4, -0.2) is 50.4 Å². The molecule has 1 atom stereocenters. The maximum absolute atomic E-state index is 11.6. The molecule has 3 N–H and O–H groups in total. The van der Waals surface area contributed by atoms with Crippen molar-refractivity contribution in [1.82, 2.24) is 5.32 Å². The SMILES string of the molecule is CC(O)CNCCNc1cccc(S(C)(=O)=O)c1[N+](=O)[O-]. The van der Waals surface area contributed by atoms with Crippen LogP contribution in [0.15, 0.2) is 23.1 Å². The van der Waals surface area contributed by atoms with E-state index >= 15 is 0 Å². The molecule has 0 heterocycles. The number of rotatable bonds is 8. The van der Waals surface area contributed by atoms with Crippen LogP contribution in [0.4, 0.5) is 11.4 Å². The zero-order valence-corrected chi connectivity index (χ0v) is 12.7. The van der Waals surface area contributed by atoms with E-state index in [0.717, 1.165) is 6.26 Å². The Morgan fingerprint density at radius 1 is 1.38 bits per heavy atom. The number of sulfone groups is 1. The fourth-order valence-electron chi connectivity index (χ4n) is 1.75. The third-order valence-electron chi connectivity index (χ3n) is 2.64. The van der Waals surface area contributed by atoms with Crippen molar-refractivity contribution in [3.8, 4) is 0 Å². The zero-order chi connectivity index (χ0) is 16.0. The van der Waals surface area contributed by atoms with Crippen LogP contribution in [0.25, 0.3) is 0 Å². The van der Waals surface area contributed by atoms with Crippen LogP contribution in [0.3, 0.4) is 0 Å². The van der Waals surface area contributed by atoms with E-state index in [2.05, 4.69) is 10.6 Å². The van der Waals surface area contributed by atoms with Gasteiger partial charge < -0.3 is 15.7 Å². The monoisotopic (exact) mass is 317 g/mol. The number of anilines is 1. The van der Waals surface area contributed by atoms with Crippen molar-refractivity contribution in [2.24, 2.45) is 0 Å². The minimum absolute atomic E-state index is 0.154. The molecule has 0 saturated carbocycles. The fraction of sp³-hybridized carbons (Fsp3) is 0.500. The normalized spacial score (nSPS) is 12.9. The molecular formula is C12H19N3O5S. The Morgan fingerprint density at radius 2 is 2.05 bits per heavy atom. The van der Waals surface area contributed by atoms with Crippen LogP contribution >= 0.6 is 0 Å². The molecule has 1 unspecified atom stereocenters. The fourth-order valence-corrected chi connectivity index (χ4v) is 2.61. The molecule has 1 rings (SSSR count). The number of hydrogen-bond acceptors (Lipinski definition) is 7. The zero-order valence-electron chi connectivity index (χ0n) is 11.9. The lowest BCUT2D eigenvalue weighted by Crippen LogP contribution is -2.29. The van der Waals surface area contributed by atoms with Crippen LogP contribution in [0.2, 0.25) is 0 Å². The molecular weight excluding hydrogens is 298 g/mol. The standard InChI is InChI=1S/C12H19N3O5S/c1-9(16)8-13-6-7-14-10-4-3-5-11(21(2,19)20)12(10)15(17)18/h3-5,9,13-14,16H,6-8H2,1-2H3. The Hall–Kier alpha value is -1.71. The van der Waals surface area contributed by atoms with E-state index in [9.17, 15) is 18.5 Å². The first-order valence-corrected chi connectivity index (χ1v) is 8.22. The van der Waals surface area contributed by atoms with Gasteiger partial charge in [0.15, 0.2) is 9.84 Å². The number of hydrogen-bond donors (Lipinski definition) is 3. The van der Waals surface area contributed by atoms with Crippen molar-refractivity contribution in [2.45, 2.75) is 17.9 Å². The van der Waals surface area contributed by atoms with Gasteiger partial charge >= 0.3 is 5.69 Å². The summed E-state index contributed by atoms with van der Waals surface area (Å²) in [6.07, 6.45) is 0.455. The Labute approximate surface area is 123 Å². The highest BCUT2D eigenvalue weighted by molar-refractivity contribution is 7.90. The predicted molar refractivity (Wildman–Crippen MR) is 79.2 cm³/mol. The summed E-state index contributed by atoms with van der Waals surface area (Å²) < 4.78 is 23.2. The van der Waals surface area contributed by atoms with Gasteiger partial charge in [0.05, 0.1) is 11.0 Å². The van der Waals surface area contributed by atoms with E-state index in [-0.39, 0.29) is 10.6 Å². The molecule has 21 heavy (non-hydrogen) atoms. The van der Waals surface area contributed by atoms with Gasteiger partial charge in [0.25, 0.3) is 0 Å². The number of nitrogens with zero attached hydrogens (tertiary/aromatic N) is 1. The number of benzene rings is 1. The van der Waals surface area contributed by atoms with Crippen molar-refractivity contribution < 1.29 is 18.4 Å². The Bertz CT molecular complexity index is 601. The summed E-state index contributed by atoms with van der Waals surface area (Å²) in [7, 11) is -3.68. The number of aliphatic hydroxyl groups is 1. The molecule has 1 aromatic carbocycles. The van der Waals surface area contributed by atoms with Crippen LogP contribution in [0.5, 0.6) is 0 Å². The lowest BCUT2D eigenvalue weighted by molar-refractivity contribution is -0.386. The van der Waals surface area contributed by atoms with E-state index in [1.165, 1.54) is 18.2 Å². The highest BCUT2D eigenvalue weighted by atomic mass is 32.2. The second-order valence-corrected chi connectivity index (χ2v) is 6.65. The van der Waals surface area contributed by atoms with Gasteiger partial charge in [-0.2, -0.15) is 0 Å². The minimum atomic E-state index is -3.68. The van der Waals surface area contributed by atoms with Gasteiger partial charge in [0.1, 0.15) is 10.6 Å². The molecule has 9 heteroatoms. The summed E-state index contributed by atoms with van der Waals surface area (Å²) in [4.78, 5) is 10.1. The number of nitro benzene ring substituents is 1. The van der Waals surface area contributed by atoms with Gasteiger partial charge in [0.2, 0.25) is 0 Å². The summed E-state index contributed by atoms with van der Waals surface area (Å²) in [6.45, 7) is 2.89. The number of aliphatic hydroxyl groups excluding tert-OH is 1. The Morgan fingerprint density at radius 3 is 2.57 bits per heavy atom. The quantitative estimate of drug-likeness (QED) is 0.360. The minimum Gasteiger partial charge on any atom is -0.392 e. The molecule has 0 spiro atoms. The first-order chi connectivity index (χ1) is 9.73. The third-order valence-corrected chi connectivity index (χ3v) is 3.77. The molecule has 0 aliphatic carbocycles. The number of para-hydroxylation sites is 1. The summed E-state index contributed by atoms with van der Waals surface area (Å²) in [6, 6.07) is 4.13. The molecule has 1 aromatic rings. The topological polar surface area (TPSA) is 122 Å². The second kappa shape index (κ2) is 7.34. The van der Waals surface area contributed by atoms with Crippen LogP contribution in [-0.2, 0) is 9.84 Å². The van der Waals surface area contributed by atoms with Crippen LogP contribution in [0.1, 0.15) is 6.92 Å². The summed E-state index contributed by atoms with van der Waals surface area (Å²) >= 11 is 0. The van der Waals surface area contributed by atoms with Crippen molar-refractivity contribution in [1.29, 1.82) is 0 Å². The molecule has 0 radical (unpaired) electrons. The molecule has 0 aliphatic heterocycles. The Balaban J connectivity index is 2.86. The van der Waals surface area contributed by atoms with Crippen LogP contribution < -0.4 is 10.6 Å². The predicted octanol–water partition coefficient (Wildman–Crippen LogP) is 0.381. The molecule has 0 aromatic heterocycles. The Kier molecular flexibility index (Phi) is 6.06. The molecule has 0 aliphatic rings. The maximum atomic E-state index is 11.6. The van der Waals surface area contributed by atoms with E-state index in [4.69, 9.17) is 5.11 Å². The summed E-state index contributed by atoms with van der Waals surface area (Å²) in [5.41, 5.74) is -0.294. The highest BCUT2D eigenvalue weighted by Gasteiger charge is 2.25. The molecule has 0 saturated heterocycles. The van der Waals surface area contributed by atoms with Crippen molar-refractivity contribution in [3.63, 3.8) is 0 Å². The first-order valence-electron chi connectivity index (χ1n) is 6.33. The van der Waals surface area contributed by atoms with Gasteiger partial charge in [-0.25, -0.2) is 8.42 Å². The van der Waals surface area contributed by atoms with Crippen molar-refractivity contribution >= 4 is 21.2 Å². The molecule has 0 bridgehead atoms. The molecule has 118 valence electrons. The van der Waals surface area contributed by atoms with E-state index in [1.807, 2.05) is 0 Å². The van der Waals surface area contributed by atoms with Crippen LogP contribution in [0, 0.1) is 10.1 Å². The van der Waals surface area contributed by atoms with E-state index in [0.29, 0.717) is 19.6 Å². The third kappa shape index (κ3) is 5.29. The number of nitrogens with one attached hydrogen (secondary N) is 2. The molecule has 8 nitrogen and oxygen atoms in total. The average Bonchev–Trinajstić information content (AvgIpc) is 2.36. The van der Waals surface area contributed by atoms with Gasteiger partial charge in [-0.3, -0.25) is 10.1 Å². The van der Waals surface area contributed by atoms with E-state index in [1.54, 1.807) is 6.92 Å². The number of nitro groups is 1. The largest absolute Gasteiger partial charge is 0.392 e. The molecule has 0 amide bonds. The van der Waals surface area contributed by atoms with Gasteiger partial charge in [0, 0.05) is 25.9 Å². The average molecular weight is 317 g/mol. The summed E-state index contributed by atoms with van der Waals surface area (Å²) in [5, 5.41) is 26.0. The van der Waals surface area contributed by atoms with E-state index < -0.39 is 26.6 Å². The van der Waals surface area contributed by atoms with Gasteiger partial charge in [-0.05, 0) is 19.1 Å². The lowest BCUT2D eigenvalue weighted by Gasteiger charge is -2.10. The lowest BCUT2D eigenvalue weighted by atomic mass is 10.2. The first kappa shape index (κ1) is 17.3. The van der Waals surface area contributed by atoms with Gasteiger partial charge in [-0.1, -0.05) is 6.07 Å². The summed E-state index contributed by atoms with van der Waals surface area (Å²) in [5.74, 6) is 0. The van der Waals surface area contributed by atoms with Crippen molar-refractivity contribution in [2.75, 3.05) is 31.2 Å². The molecule has 0 fully saturated rings. The second-order valence-electron chi connectivity index (χ2n) is 4.66. The smallest absolute Gasteiger partial charge is 0.310 e. The maximum Gasteiger partial charge on any atom is 0.310 e. The van der Waals surface area contributed by atoms with Crippen molar-refractivity contribution in [3.05, 3.63) is 28.3 Å². The van der Waals surface area contributed by atoms with Gasteiger partial charge in [-0.15, -0.1) is 0 Å². The highest BCUT2D eigenvalue weighted by Crippen LogP contribution is 2.31.